The summed E-state index contributed by atoms with van der Waals surface area (Å²) in [5.41, 5.74) is 3.53. The predicted molar refractivity (Wildman–Crippen MR) is 82.3 cm³/mol. The monoisotopic (exact) mass is 301 g/mol. The van der Waals surface area contributed by atoms with Crippen LogP contribution in [0.4, 0.5) is 5.69 Å². The lowest BCUT2D eigenvalue weighted by atomic mass is 10.0. The average Bonchev–Trinajstić information content (AvgIpc) is 2.90. The standard InChI is InChI=1S/C16H19N3O3/c1-18-14-7-8-19(11-5-4-6-12(9-11)21-2)10-13(14)15(17-18)16(20)22-3/h4-6,9H,7-8,10H2,1-3H3. The molecule has 0 amide bonds. The number of nitrogens with zero attached hydrogens (tertiary/aromatic N) is 3. The second kappa shape index (κ2) is 5.71. The number of carbonyl (C=O) groups excluding carboxylic acids is 1. The normalized spacial score (nSPS) is 13.7. The van der Waals surface area contributed by atoms with Crippen molar-refractivity contribution in [3.8, 4) is 5.75 Å². The van der Waals surface area contributed by atoms with Crippen LogP contribution < -0.4 is 9.64 Å². The van der Waals surface area contributed by atoms with Gasteiger partial charge in [-0.2, -0.15) is 5.10 Å². The second-order valence-electron chi connectivity index (χ2n) is 5.26. The van der Waals surface area contributed by atoms with Gasteiger partial charge in [0.15, 0.2) is 5.69 Å². The summed E-state index contributed by atoms with van der Waals surface area (Å²) in [6, 6.07) is 7.93. The fourth-order valence-electron chi connectivity index (χ4n) is 2.88. The van der Waals surface area contributed by atoms with Gasteiger partial charge in [0.25, 0.3) is 0 Å². The molecule has 1 aliphatic heterocycles. The molecule has 0 saturated carbocycles. The minimum Gasteiger partial charge on any atom is -0.497 e. The highest BCUT2D eigenvalue weighted by atomic mass is 16.5. The molecule has 2 heterocycles. The number of aryl methyl sites for hydroxylation is 1. The summed E-state index contributed by atoms with van der Waals surface area (Å²) in [5.74, 6) is 0.437. The first kappa shape index (κ1) is 14.4. The molecule has 1 aromatic carbocycles. The minimum atomic E-state index is -0.385. The average molecular weight is 301 g/mol. The van der Waals surface area contributed by atoms with Crippen LogP contribution in [0.2, 0.25) is 0 Å². The highest BCUT2D eigenvalue weighted by Crippen LogP contribution is 2.28. The van der Waals surface area contributed by atoms with Crippen LogP contribution in [0.1, 0.15) is 21.7 Å². The van der Waals surface area contributed by atoms with Gasteiger partial charge in [-0.15, -0.1) is 0 Å². The van der Waals surface area contributed by atoms with E-state index in [0.29, 0.717) is 12.2 Å². The summed E-state index contributed by atoms with van der Waals surface area (Å²) < 4.78 is 11.9. The molecule has 0 unspecified atom stereocenters. The molecule has 0 radical (unpaired) electrons. The summed E-state index contributed by atoms with van der Waals surface area (Å²) in [7, 11) is 4.91. The lowest BCUT2D eigenvalue weighted by molar-refractivity contribution is 0.0592. The Kier molecular flexibility index (Phi) is 3.75. The number of ether oxygens (including phenoxy) is 2. The number of fused-ring (bicyclic) bond motifs is 1. The van der Waals surface area contributed by atoms with Gasteiger partial charge in [0.05, 0.1) is 14.2 Å². The number of hydrogen-bond acceptors (Lipinski definition) is 5. The van der Waals surface area contributed by atoms with E-state index in [2.05, 4.69) is 10.00 Å². The van der Waals surface area contributed by atoms with Crippen LogP contribution in [-0.2, 0) is 24.8 Å². The zero-order chi connectivity index (χ0) is 15.7. The van der Waals surface area contributed by atoms with Crippen molar-refractivity contribution in [3.63, 3.8) is 0 Å². The van der Waals surface area contributed by atoms with Crippen molar-refractivity contribution in [3.05, 3.63) is 41.2 Å². The highest BCUT2D eigenvalue weighted by molar-refractivity contribution is 5.89. The lowest BCUT2D eigenvalue weighted by Gasteiger charge is -2.29. The maximum atomic E-state index is 11.9. The third-order valence-electron chi connectivity index (χ3n) is 4.04. The van der Waals surface area contributed by atoms with E-state index >= 15 is 0 Å². The first-order chi connectivity index (χ1) is 10.6. The molecule has 116 valence electrons. The van der Waals surface area contributed by atoms with E-state index in [1.807, 2.05) is 31.3 Å². The van der Waals surface area contributed by atoms with Crippen molar-refractivity contribution in [2.75, 3.05) is 25.7 Å². The molecular formula is C16H19N3O3. The van der Waals surface area contributed by atoms with Crippen LogP contribution in [0.15, 0.2) is 24.3 Å². The van der Waals surface area contributed by atoms with Crippen molar-refractivity contribution >= 4 is 11.7 Å². The first-order valence-corrected chi connectivity index (χ1v) is 7.16. The van der Waals surface area contributed by atoms with Crippen LogP contribution >= 0.6 is 0 Å². The predicted octanol–water partition coefficient (Wildman–Crippen LogP) is 1.78. The number of carbonyl (C=O) groups is 1. The molecule has 0 spiro atoms. The molecule has 0 aliphatic carbocycles. The summed E-state index contributed by atoms with van der Waals surface area (Å²) in [6.07, 6.45) is 0.840. The Balaban J connectivity index is 1.94. The van der Waals surface area contributed by atoms with Gasteiger partial charge in [0, 0.05) is 49.6 Å². The molecule has 0 N–H and O–H groups in total. The van der Waals surface area contributed by atoms with Gasteiger partial charge in [0.2, 0.25) is 0 Å². The Morgan fingerprint density at radius 2 is 2.14 bits per heavy atom. The molecule has 2 aromatic rings. The number of anilines is 1. The fraction of sp³-hybridized carbons (Fsp3) is 0.375. The second-order valence-corrected chi connectivity index (χ2v) is 5.26. The number of methoxy groups -OCH3 is 2. The van der Waals surface area contributed by atoms with E-state index < -0.39 is 0 Å². The van der Waals surface area contributed by atoms with Crippen molar-refractivity contribution in [2.45, 2.75) is 13.0 Å². The Labute approximate surface area is 129 Å². The van der Waals surface area contributed by atoms with E-state index in [1.54, 1.807) is 11.8 Å². The smallest absolute Gasteiger partial charge is 0.358 e. The third kappa shape index (κ3) is 2.41. The SMILES string of the molecule is COC(=O)c1nn(C)c2c1CN(c1cccc(OC)c1)CC2. The lowest BCUT2D eigenvalue weighted by Crippen LogP contribution is -2.31. The maximum absolute atomic E-state index is 11.9. The maximum Gasteiger partial charge on any atom is 0.358 e. The van der Waals surface area contributed by atoms with E-state index in [-0.39, 0.29) is 5.97 Å². The molecule has 1 aliphatic rings. The third-order valence-corrected chi connectivity index (χ3v) is 4.04. The van der Waals surface area contributed by atoms with Gasteiger partial charge >= 0.3 is 5.97 Å². The van der Waals surface area contributed by atoms with Gasteiger partial charge in [-0.1, -0.05) is 6.07 Å². The number of esters is 1. The summed E-state index contributed by atoms with van der Waals surface area (Å²) in [4.78, 5) is 14.1. The zero-order valence-corrected chi connectivity index (χ0v) is 13.0. The molecule has 0 atom stereocenters. The molecule has 6 nitrogen and oxygen atoms in total. The van der Waals surface area contributed by atoms with E-state index in [1.165, 1.54) is 7.11 Å². The minimum absolute atomic E-state index is 0.385. The van der Waals surface area contributed by atoms with E-state index in [9.17, 15) is 4.79 Å². The van der Waals surface area contributed by atoms with Crippen LogP contribution in [0, 0.1) is 0 Å². The molecular weight excluding hydrogens is 282 g/mol. The number of rotatable bonds is 3. The molecule has 22 heavy (non-hydrogen) atoms. The van der Waals surface area contributed by atoms with Crippen molar-refractivity contribution in [1.82, 2.24) is 9.78 Å². The molecule has 0 fully saturated rings. The number of hydrogen-bond donors (Lipinski definition) is 0. The van der Waals surface area contributed by atoms with Gasteiger partial charge in [0.1, 0.15) is 5.75 Å². The van der Waals surface area contributed by atoms with Crippen molar-refractivity contribution in [2.24, 2.45) is 7.05 Å². The number of aromatic nitrogens is 2. The van der Waals surface area contributed by atoms with Gasteiger partial charge in [-0.25, -0.2) is 4.79 Å². The largest absolute Gasteiger partial charge is 0.497 e. The van der Waals surface area contributed by atoms with E-state index in [0.717, 1.165) is 35.7 Å². The zero-order valence-electron chi connectivity index (χ0n) is 13.0. The van der Waals surface area contributed by atoms with Gasteiger partial charge in [-0.05, 0) is 12.1 Å². The highest BCUT2D eigenvalue weighted by Gasteiger charge is 2.27. The Hall–Kier alpha value is -2.50. The van der Waals surface area contributed by atoms with E-state index in [4.69, 9.17) is 9.47 Å². The molecule has 0 saturated heterocycles. The van der Waals surface area contributed by atoms with Crippen LogP contribution in [0.3, 0.4) is 0 Å². The summed E-state index contributed by atoms with van der Waals surface area (Å²) >= 11 is 0. The molecule has 0 bridgehead atoms. The molecule has 1 aromatic heterocycles. The van der Waals surface area contributed by atoms with Crippen molar-refractivity contribution < 1.29 is 14.3 Å². The molecule has 3 rings (SSSR count). The van der Waals surface area contributed by atoms with Crippen molar-refractivity contribution in [1.29, 1.82) is 0 Å². The fourth-order valence-corrected chi connectivity index (χ4v) is 2.88. The summed E-state index contributed by atoms with van der Waals surface area (Å²) in [6.45, 7) is 1.51. The van der Waals surface area contributed by atoms with Crippen LogP contribution in [0.25, 0.3) is 0 Å². The molecule has 6 heteroatoms. The summed E-state index contributed by atoms with van der Waals surface area (Å²) in [5, 5.41) is 4.32. The number of benzene rings is 1. The Morgan fingerprint density at radius 3 is 2.86 bits per heavy atom. The van der Waals surface area contributed by atoms with Crippen LogP contribution in [0.5, 0.6) is 5.75 Å². The topological polar surface area (TPSA) is 56.6 Å². The quantitative estimate of drug-likeness (QED) is 0.809. The van der Waals surface area contributed by atoms with Gasteiger partial charge < -0.3 is 14.4 Å². The van der Waals surface area contributed by atoms with Crippen LogP contribution in [-0.4, -0.2) is 36.5 Å². The van der Waals surface area contributed by atoms with Gasteiger partial charge in [-0.3, -0.25) is 4.68 Å². The first-order valence-electron chi connectivity index (χ1n) is 7.16. The Bertz CT molecular complexity index is 709. The Morgan fingerprint density at radius 1 is 1.32 bits per heavy atom.